The monoisotopic (exact) mass is 423 g/mol. The summed E-state index contributed by atoms with van der Waals surface area (Å²) < 4.78 is 34.2. The largest absolute Gasteiger partial charge is 0.306 e. The maximum Gasteiger partial charge on any atom is 0.150 e. The van der Waals surface area contributed by atoms with Crippen LogP contribution in [0.15, 0.2) is 52.5 Å². The van der Waals surface area contributed by atoms with Gasteiger partial charge < -0.3 is 4.57 Å². The van der Waals surface area contributed by atoms with Gasteiger partial charge in [0.25, 0.3) is 0 Å². The maximum absolute atomic E-state index is 15.5. The van der Waals surface area contributed by atoms with Gasteiger partial charge in [0, 0.05) is 39.5 Å². The normalized spacial score (nSPS) is 14.0. The van der Waals surface area contributed by atoms with Crippen molar-refractivity contribution in [3.8, 4) is 5.69 Å². The second kappa shape index (κ2) is 7.27. The number of aromatic nitrogens is 3. The molecule has 1 fully saturated rings. The van der Waals surface area contributed by atoms with E-state index in [1.165, 1.54) is 11.8 Å². The fraction of sp³-hybridized carbons (Fsp3) is 0.292. The molecule has 0 spiro atoms. The fourth-order valence-corrected chi connectivity index (χ4v) is 5.23. The quantitative estimate of drug-likeness (QED) is 0.353. The molecule has 154 valence electrons. The Morgan fingerprint density at radius 1 is 1.07 bits per heavy atom. The van der Waals surface area contributed by atoms with Crippen LogP contribution in [0, 0.1) is 25.5 Å². The van der Waals surface area contributed by atoms with E-state index in [0.717, 1.165) is 41.0 Å². The number of aryl methyl sites for hydroxylation is 3. The number of fused-ring (bicyclic) bond motifs is 1. The molecular formula is C24H23F2N3S. The third-order valence-electron chi connectivity index (χ3n) is 5.79. The van der Waals surface area contributed by atoms with Crippen LogP contribution in [0.2, 0.25) is 0 Å². The summed E-state index contributed by atoms with van der Waals surface area (Å²) in [7, 11) is 0. The van der Waals surface area contributed by atoms with Crippen molar-refractivity contribution in [1.82, 2.24) is 14.3 Å². The highest BCUT2D eigenvalue weighted by Crippen LogP contribution is 2.51. The molecule has 1 saturated carbocycles. The van der Waals surface area contributed by atoms with Crippen molar-refractivity contribution in [3.63, 3.8) is 0 Å². The van der Waals surface area contributed by atoms with Crippen LogP contribution >= 0.6 is 11.8 Å². The van der Waals surface area contributed by atoms with E-state index in [1.54, 1.807) is 32.2 Å². The first-order chi connectivity index (χ1) is 14.5. The van der Waals surface area contributed by atoms with Gasteiger partial charge in [0.2, 0.25) is 0 Å². The molecule has 0 atom stereocenters. The van der Waals surface area contributed by atoms with Crippen LogP contribution in [-0.2, 0) is 6.54 Å². The van der Waals surface area contributed by atoms with Crippen molar-refractivity contribution in [2.24, 2.45) is 0 Å². The van der Waals surface area contributed by atoms with E-state index in [0.29, 0.717) is 27.5 Å². The van der Waals surface area contributed by atoms with Crippen LogP contribution in [-0.4, -0.2) is 14.3 Å². The molecule has 0 unspecified atom stereocenters. The van der Waals surface area contributed by atoms with Gasteiger partial charge in [0.05, 0.1) is 17.4 Å². The van der Waals surface area contributed by atoms with Gasteiger partial charge in [-0.3, -0.25) is 4.68 Å². The topological polar surface area (TPSA) is 22.8 Å². The van der Waals surface area contributed by atoms with Crippen molar-refractivity contribution in [3.05, 3.63) is 71.2 Å². The van der Waals surface area contributed by atoms with Crippen LogP contribution in [0.25, 0.3) is 16.6 Å². The lowest BCUT2D eigenvalue weighted by Crippen LogP contribution is -2.01. The van der Waals surface area contributed by atoms with Crippen molar-refractivity contribution in [2.75, 3.05) is 0 Å². The van der Waals surface area contributed by atoms with Gasteiger partial charge in [0.1, 0.15) is 5.82 Å². The molecule has 2 aromatic heterocycles. The lowest BCUT2D eigenvalue weighted by atomic mass is 10.1. The Bertz CT molecular complexity index is 1270. The molecule has 0 aliphatic heterocycles. The number of hydrogen-bond acceptors (Lipinski definition) is 2. The van der Waals surface area contributed by atoms with E-state index < -0.39 is 0 Å². The Labute approximate surface area is 178 Å². The molecule has 6 heteroatoms. The zero-order valence-corrected chi connectivity index (χ0v) is 18.1. The summed E-state index contributed by atoms with van der Waals surface area (Å²) in [5.74, 6) is -0.0933. The first-order valence-corrected chi connectivity index (χ1v) is 11.1. The van der Waals surface area contributed by atoms with E-state index in [1.807, 2.05) is 40.6 Å². The molecule has 0 saturated heterocycles. The lowest BCUT2D eigenvalue weighted by Gasteiger charge is -2.11. The predicted octanol–water partition coefficient (Wildman–Crippen LogP) is 6.77. The van der Waals surface area contributed by atoms with Crippen LogP contribution < -0.4 is 0 Å². The Hall–Kier alpha value is -2.60. The minimum absolute atomic E-state index is 0.212. The van der Waals surface area contributed by atoms with Gasteiger partial charge in [0.15, 0.2) is 5.82 Å². The molecule has 0 amide bonds. The number of rotatable bonds is 5. The van der Waals surface area contributed by atoms with Gasteiger partial charge in [-0.05, 0) is 50.8 Å². The molecule has 30 heavy (non-hydrogen) atoms. The van der Waals surface area contributed by atoms with E-state index in [4.69, 9.17) is 0 Å². The summed E-state index contributed by atoms with van der Waals surface area (Å²) in [6.45, 7) is 6.33. The zero-order valence-electron chi connectivity index (χ0n) is 17.2. The van der Waals surface area contributed by atoms with Crippen LogP contribution in [0.5, 0.6) is 0 Å². The van der Waals surface area contributed by atoms with Gasteiger partial charge >= 0.3 is 0 Å². The third kappa shape index (κ3) is 3.05. The number of halogens is 2. The molecule has 0 radical (unpaired) electrons. The molecule has 0 bridgehead atoms. The van der Waals surface area contributed by atoms with Gasteiger partial charge in [-0.2, -0.15) is 5.10 Å². The van der Waals surface area contributed by atoms with Gasteiger partial charge in [-0.1, -0.05) is 36.0 Å². The standard InChI is InChI=1S/C24H23F2N3S/c1-4-28-13-17(12-27-28)29-22(16-9-10-16)24(18-11-8-15(3)21(26)23(18)29)30-19-7-5-6-14(2)20(19)25/h5-8,11-13,16H,4,9-10H2,1-3H3. The summed E-state index contributed by atoms with van der Waals surface area (Å²) in [5, 5.41) is 5.25. The molecule has 2 aromatic carbocycles. The molecule has 2 heterocycles. The number of nitrogens with zero attached hydrogens (tertiary/aromatic N) is 3. The molecule has 1 aliphatic rings. The first kappa shape index (κ1) is 19.4. The molecule has 1 aliphatic carbocycles. The highest BCUT2D eigenvalue weighted by atomic mass is 32.2. The van der Waals surface area contributed by atoms with E-state index in [-0.39, 0.29) is 11.6 Å². The van der Waals surface area contributed by atoms with Crippen molar-refractivity contribution < 1.29 is 8.78 Å². The fourth-order valence-electron chi connectivity index (χ4n) is 3.98. The Morgan fingerprint density at radius 3 is 2.53 bits per heavy atom. The van der Waals surface area contributed by atoms with Crippen molar-refractivity contribution >= 4 is 22.7 Å². The molecular weight excluding hydrogens is 400 g/mol. The SMILES string of the molecule is CCn1cc(-n2c(C3CC3)c(Sc3cccc(C)c3F)c3ccc(C)c(F)c32)cn1. The number of hydrogen-bond donors (Lipinski definition) is 0. The highest BCUT2D eigenvalue weighted by Gasteiger charge is 2.34. The molecule has 3 nitrogen and oxygen atoms in total. The molecule has 0 N–H and O–H groups in total. The average molecular weight is 424 g/mol. The van der Waals surface area contributed by atoms with Crippen LogP contribution in [0.3, 0.4) is 0 Å². The Kier molecular flexibility index (Phi) is 4.69. The zero-order chi connectivity index (χ0) is 21.0. The average Bonchev–Trinajstić information content (AvgIpc) is 3.37. The van der Waals surface area contributed by atoms with Crippen molar-refractivity contribution in [1.29, 1.82) is 0 Å². The van der Waals surface area contributed by atoms with Crippen molar-refractivity contribution in [2.45, 2.75) is 55.9 Å². The third-order valence-corrected chi connectivity index (χ3v) is 6.95. The summed E-state index contributed by atoms with van der Waals surface area (Å²) in [4.78, 5) is 1.52. The highest BCUT2D eigenvalue weighted by molar-refractivity contribution is 7.99. The summed E-state index contributed by atoms with van der Waals surface area (Å²) in [6.07, 6.45) is 5.86. The number of benzene rings is 2. The van der Waals surface area contributed by atoms with E-state index in [9.17, 15) is 4.39 Å². The smallest absolute Gasteiger partial charge is 0.150 e. The summed E-state index contributed by atoms with van der Waals surface area (Å²) in [5.41, 5.74) is 3.69. The van der Waals surface area contributed by atoms with Gasteiger partial charge in [-0.15, -0.1) is 0 Å². The second-order valence-electron chi connectivity index (χ2n) is 7.96. The second-order valence-corrected chi connectivity index (χ2v) is 9.01. The Morgan fingerprint density at radius 2 is 1.83 bits per heavy atom. The minimum atomic E-state index is -0.227. The maximum atomic E-state index is 15.5. The first-order valence-electron chi connectivity index (χ1n) is 10.3. The van der Waals surface area contributed by atoms with E-state index in [2.05, 4.69) is 5.10 Å². The minimum Gasteiger partial charge on any atom is -0.306 e. The Balaban J connectivity index is 1.81. The molecule has 4 aromatic rings. The van der Waals surface area contributed by atoms with Crippen LogP contribution in [0.4, 0.5) is 8.78 Å². The van der Waals surface area contributed by atoms with E-state index >= 15 is 4.39 Å². The molecule has 5 rings (SSSR count). The van der Waals surface area contributed by atoms with Crippen LogP contribution in [0.1, 0.15) is 42.5 Å². The van der Waals surface area contributed by atoms with Gasteiger partial charge in [-0.25, -0.2) is 8.78 Å². The lowest BCUT2D eigenvalue weighted by molar-refractivity contribution is 0.592. The summed E-state index contributed by atoms with van der Waals surface area (Å²) in [6, 6.07) is 9.22. The predicted molar refractivity (Wildman–Crippen MR) is 117 cm³/mol. The summed E-state index contributed by atoms with van der Waals surface area (Å²) >= 11 is 1.41.